The SMILES string of the molecule is CCN(CCCNC(=O)c1cnc2sccn2c1=O)c1ccccc1. The number of fused-ring (bicyclic) bond motifs is 1. The molecule has 1 amide bonds. The van der Waals surface area contributed by atoms with Crippen molar-refractivity contribution in [1.82, 2.24) is 14.7 Å². The molecule has 0 aliphatic carbocycles. The summed E-state index contributed by atoms with van der Waals surface area (Å²) in [7, 11) is 0. The minimum absolute atomic E-state index is 0.0753. The van der Waals surface area contributed by atoms with E-state index < -0.39 is 0 Å². The van der Waals surface area contributed by atoms with Crippen LogP contribution in [0.4, 0.5) is 5.69 Å². The van der Waals surface area contributed by atoms with E-state index in [1.54, 1.807) is 11.6 Å². The molecule has 0 atom stereocenters. The fourth-order valence-electron chi connectivity index (χ4n) is 2.66. The van der Waals surface area contributed by atoms with Crippen LogP contribution in [0.5, 0.6) is 0 Å². The normalized spacial score (nSPS) is 10.8. The van der Waals surface area contributed by atoms with E-state index in [9.17, 15) is 9.59 Å². The maximum Gasteiger partial charge on any atom is 0.271 e. The number of hydrogen-bond acceptors (Lipinski definition) is 5. The van der Waals surface area contributed by atoms with Crippen LogP contribution in [0, 0.1) is 0 Å². The van der Waals surface area contributed by atoms with Gasteiger partial charge in [-0.3, -0.25) is 14.0 Å². The smallest absolute Gasteiger partial charge is 0.271 e. The van der Waals surface area contributed by atoms with Crippen LogP contribution in [0.1, 0.15) is 23.7 Å². The highest BCUT2D eigenvalue weighted by Gasteiger charge is 2.13. The first-order chi connectivity index (χ1) is 12.2. The lowest BCUT2D eigenvalue weighted by atomic mass is 10.2. The Balaban J connectivity index is 1.55. The third kappa shape index (κ3) is 3.88. The molecular formula is C18H20N4O2S. The van der Waals surface area contributed by atoms with Gasteiger partial charge in [-0.2, -0.15) is 0 Å². The van der Waals surface area contributed by atoms with Gasteiger partial charge in [-0.25, -0.2) is 4.98 Å². The number of aromatic nitrogens is 2. The minimum Gasteiger partial charge on any atom is -0.372 e. The van der Waals surface area contributed by atoms with E-state index in [2.05, 4.69) is 34.3 Å². The average Bonchev–Trinajstić information content (AvgIpc) is 3.12. The number of carbonyl (C=O) groups excluding carboxylic acids is 1. The lowest BCUT2D eigenvalue weighted by molar-refractivity contribution is 0.0951. The summed E-state index contributed by atoms with van der Waals surface area (Å²) in [5.41, 5.74) is 0.913. The monoisotopic (exact) mass is 356 g/mol. The largest absolute Gasteiger partial charge is 0.372 e. The highest BCUT2D eigenvalue weighted by Crippen LogP contribution is 2.12. The molecule has 0 bridgehead atoms. The van der Waals surface area contributed by atoms with Crippen molar-refractivity contribution < 1.29 is 4.79 Å². The number of carbonyl (C=O) groups is 1. The molecule has 0 aliphatic heterocycles. The zero-order valence-electron chi connectivity index (χ0n) is 14.0. The van der Waals surface area contributed by atoms with Crippen molar-refractivity contribution >= 4 is 27.9 Å². The van der Waals surface area contributed by atoms with Gasteiger partial charge in [0.05, 0.1) is 0 Å². The Labute approximate surface area is 149 Å². The summed E-state index contributed by atoms with van der Waals surface area (Å²) in [5.74, 6) is -0.374. The van der Waals surface area contributed by atoms with Crippen LogP contribution in [-0.2, 0) is 0 Å². The number of amides is 1. The van der Waals surface area contributed by atoms with Gasteiger partial charge < -0.3 is 10.2 Å². The van der Waals surface area contributed by atoms with E-state index in [1.807, 2.05) is 18.2 Å². The highest BCUT2D eigenvalue weighted by molar-refractivity contribution is 7.15. The standard InChI is InChI=1S/C18H20N4O2S/c1-2-21(14-7-4-3-5-8-14)10-6-9-19-16(23)15-13-20-18-22(17(15)24)11-12-25-18/h3-5,7-8,11-13H,2,6,9-10H2,1H3,(H,19,23). The fourth-order valence-corrected chi connectivity index (χ4v) is 3.33. The van der Waals surface area contributed by atoms with Crippen LogP contribution < -0.4 is 15.8 Å². The number of para-hydroxylation sites is 1. The summed E-state index contributed by atoms with van der Waals surface area (Å²) in [5, 5.41) is 4.58. The third-order valence-electron chi connectivity index (χ3n) is 3.98. The van der Waals surface area contributed by atoms with E-state index in [-0.39, 0.29) is 17.0 Å². The summed E-state index contributed by atoms with van der Waals surface area (Å²) >= 11 is 1.36. The maximum absolute atomic E-state index is 12.3. The molecule has 3 rings (SSSR count). The van der Waals surface area contributed by atoms with E-state index in [0.29, 0.717) is 11.5 Å². The zero-order valence-corrected chi connectivity index (χ0v) is 14.8. The molecule has 0 aliphatic rings. The Hall–Kier alpha value is -2.67. The number of hydrogen-bond donors (Lipinski definition) is 1. The summed E-state index contributed by atoms with van der Waals surface area (Å²) in [6, 6.07) is 10.2. The van der Waals surface area contributed by atoms with Gasteiger partial charge in [0.25, 0.3) is 11.5 Å². The number of benzene rings is 1. The van der Waals surface area contributed by atoms with Crippen LogP contribution >= 0.6 is 11.3 Å². The molecule has 0 fully saturated rings. The molecule has 2 heterocycles. The van der Waals surface area contributed by atoms with Crippen LogP contribution in [0.25, 0.3) is 4.96 Å². The van der Waals surface area contributed by atoms with E-state index in [4.69, 9.17) is 0 Å². The number of nitrogens with one attached hydrogen (secondary N) is 1. The molecule has 7 heteroatoms. The van der Waals surface area contributed by atoms with Crippen molar-refractivity contribution in [2.75, 3.05) is 24.5 Å². The Bertz CT molecular complexity index is 904. The predicted octanol–water partition coefficient (Wildman–Crippen LogP) is 2.40. The minimum atomic E-state index is -0.374. The van der Waals surface area contributed by atoms with E-state index in [0.717, 1.165) is 19.5 Å². The number of rotatable bonds is 7. The molecule has 1 aromatic carbocycles. The first-order valence-corrected chi connectivity index (χ1v) is 9.11. The third-order valence-corrected chi connectivity index (χ3v) is 4.75. The lowest BCUT2D eigenvalue weighted by Gasteiger charge is -2.23. The molecule has 0 radical (unpaired) electrons. The Morgan fingerprint density at radius 2 is 2.12 bits per heavy atom. The molecule has 0 unspecified atom stereocenters. The van der Waals surface area contributed by atoms with Gasteiger partial charge in [0, 0.05) is 43.1 Å². The predicted molar refractivity (Wildman–Crippen MR) is 101 cm³/mol. The molecule has 2 aromatic heterocycles. The topological polar surface area (TPSA) is 66.7 Å². The summed E-state index contributed by atoms with van der Waals surface area (Å²) < 4.78 is 1.40. The van der Waals surface area contributed by atoms with Crippen LogP contribution in [0.15, 0.2) is 52.9 Å². The van der Waals surface area contributed by atoms with E-state index in [1.165, 1.54) is 27.6 Å². The molecule has 0 saturated heterocycles. The number of nitrogens with zero attached hydrogens (tertiary/aromatic N) is 3. The van der Waals surface area contributed by atoms with Gasteiger partial charge in [0.2, 0.25) is 0 Å². The first kappa shape index (κ1) is 17.2. The van der Waals surface area contributed by atoms with Gasteiger partial charge in [0.1, 0.15) is 5.56 Å². The Kier molecular flexibility index (Phi) is 5.45. The van der Waals surface area contributed by atoms with Crippen LogP contribution in [-0.4, -0.2) is 34.9 Å². The molecule has 1 N–H and O–H groups in total. The van der Waals surface area contributed by atoms with Crippen molar-refractivity contribution in [3.63, 3.8) is 0 Å². The second-order valence-corrected chi connectivity index (χ2v) is 6.43. The Morgan fingerprint density at radius 1 is 1.32 bits per heavy atom. The van der Waals surface area contributed by atoms with Crippen molar-refractivity contribution in [1.29, 1.82) is 0 Å². The van der Waals surface area contributed by atoms with Gasteiger partial charge in [0.15, 0.2) is 4.96 Å². The van der Waals surface area contributed by atoms with E-state index >= 15 is 0 Å². The molecule has 0 saturated carbocycles. The van der Waals surface area contributed by atoms with Crippen molar-refractivity contribution in [2.45, 2.75) is 13.3 Å². The number of anilines is 1. The summed E-state index contributed by atoms with van der Waals surface area (Å²) in [6.45, 7) is 4.35. The van der Waals surface area contributed by atoms with Crippen molar-refractivity contribution in [3.05, 3.63) is 64.0 Å². The number of thiazole rings is 1. The summed E-state index contributed by atoms with van der Waals surface area (Å²) in [6.07, 6.45) is 3.78. The van der Waals surface area contributed by atoms with Crippen LogP contribution in [0.3, 0.4) is 0 Å². The average molecular weight is 356 g/mol. The zero-order chi connectivity index (χ0) is 17.6. The molecule has 25 heavy (non-hydrogen) atoms. The van der Waals surface area contributed by atoms with Crippen molar-refractivity contribution in [2.24, 2.45) is 0 Å². The molecule has 130 valence electrons. The van der Waals surface area contributed by atoms with Gasteiger partial charge in [-0.1, -0.05) is 18.2 Å². The van der Waals surface area contributed by atoms with Crippen LogP contribution in [0.2, 0.25) is 0 Å². The van der Waals surface area contributed by atoms with Crippen molar-refractivity contribution in [3.8, 4) is 0 Å². The lowest BCUT2D eigenvalue weighted by Crippen LogP contribution is -2.33. The highest BCUT2D eigenvalue weighted by atomic mass is 32.1. The van der Waals surface area contributed by atoms with Gasteiger partial charge in [-0.15, -0.1) is 11.3 Å². The second kappa shape index (κ2) is 7.94. The molecule has 6 nitrogen and oxygen atoms in total. The molecular weight excluding hydrogens is 336 g/mol. The fraction of sp³-hybridized carbons (Fsp3) is 0.278. The Morgan fingerprint density at radius 3 is 2.88 bits per heavy atom. The quantitative estimate of drug-likeness (QED) is 0.660. The van der Waals surface area contributed by atoms with Gasteiger partial charge in [-0.05, 0) is 25.5 Å². The first-order valence-electron chi connectivity index (χ1n) is 8.23. The molecule has 3 aromatic rings. The second-order valence-electron chi connectivity index (χ2n) is 5.56. The van der Waals surface area contributed by atoms with Gasteiger partial charge >= 0.3 is 0 Å². The maximum atomic E-state index is 12.3. The summed E-state index contributed by atoms with van der Waals surface area (Å²) in [4.78, 5) is 31.5. The molecule has 0 spiro atoms.